The Morgan fingerprint density at radius 3 is 2.80 bits per heavy atom. The Labute approximate surface area is 114 Å². The van der Waals surface area contributed by atoms with Crippen molar-refractivity contribution in [3.8, 4) is 11.6 Å². The predicted octanol–water partition coefficient (Wildman–Crippen LogP) is 1.93. The van der Waals surface area contributed by atoms with Gasteiger partial charge in [0.15, 0.2) is 5.82 Å². The van der Waals surface area contributed by atoms with Crippen molar-refractivity contribution >= 4 is 22.6 Å². The molecule has 0 radical (unpaired) electrons. The first-order valence-corrected chi connectivity index (χ1v) is 6.01. The minimum absolute atomic E-state index is 0.350. The number of nitrogens with two attached hydrogens (primary N) is 1. The van der Waals surface area contributed by atoms with E-state index in [1.54, 1.807) is 41.3 Å². The molecule has 6 nitrogen and oxygen atoms in total. The number of benzene rings is 1. The van der Waals surface area contributed by atoms with Crippen molar-refractivity contribution in [2.45, 2.75) is 6.92 Å². The molecule has 3 rings (SSSR count). The summed E-state index contributed by atoms with van der Waals surface area (Å²) in [7, 11) is 0. The van der Waals surface area contributed by atoms with Gasteiger partial charge >= 0.3 is 5.97 Å². The van der Waals surface area contributed by atoms with Crippen molar-refractivity contribution < 1.29 is 9.53 Å². The zero-order chi connectivity index (χ0) is 14.1. The molecule has 0 saturated heterocycles. The third kappa shape index (κ3) is 2.18. The monoisotopic (exact) mass is 268 g/mol. The van der Waals surface area contributed by atoms with Crippen molar-refractivity contribution in [3.05, 3.63) is 42.7 Å². The summed E-state index contributed by atoms with van der Waals surface area (Å²) >= 11 is 0. The number of nitrogen functional groups attached to an aromatic ring is 1. The van der Waals surface area contributed by atoms with Crippen LogP contribution in [0.5, 0.6) is 5.75 Å². The maximum atomic E-state index is 10.9. The smallest absolute Gasteiger partial charge is 0.308 e. The van der Waals surface area contributed by atoms with Gasteiger partial charge in [0.25, 0.3) is 0 Å². The van der Waals surface area contributed by atoms with Crippen LogP contribution in [0.1, 0.15) is 6.92 Å². The number of rotatable bonds is 2. The fourth-order valence-corrected chi connectivity index (χ4v) is 1.95. The van der Waals surface area contributed by atoms with E-state index in [2.05, 4.69) is 10.1 Å². The Balaban J connectivity index is 2.05. The fraction of sp³-hybridized carbons (Fsp3) is 0.0714. The molecule has 0 atom stereocenters. The van der Waals surface area contributed by atoms with Crippen LogP contribution in [0.3, 0.4) is 0 Å². The van der Waals surface area contributed by atoms with Crippen LogP contribution in [0.2, 0.25) is 0 Å². The zero-order valence-electron chi connectivity index (χ0n) is 10.8. The molecule has 0 spiro atoms. The van der Waals surface area contributed by atoms with E-state index in [9.17, 15) is 4.79 Å². The van der Waals surface area contributed by atoms with Gasteiger partial charge in [-0.3, -0.25) is 4.79 Å². The molecule has 0 saturated carbocycles. The number of pyridine rings is 1. The lowest BCUT2D eigenvalue weighted by atomic mass is 10.2. The Morgan fingerprint density at radius 2 is 2.10 bits per heavy atom. The minimum atomic E-state index is -0.350. The number of esters is 1. The molecule has 1 aromatic carbocycles. The molecular weight excluding hydrogens is 256 g/mol. The summed E-state index contributed by atoms with van der Waals surface area (Å²) in [6.07, 6.45) is 3.27. The summed E-state index contributed by atoms with van der Waals surface area (Å²) in [6.45, 7) is 1.37. The molecule has 3 aromatic rings. The Bertz CT molecular complexity index is 777. The number of aromatic nitrogens is 3. The van der Waals surface area contributed by atoms with Crippen molar-refractivity contribution in [3.63, 3.8) is 0 Å². The molecule has 2 heterocycles. The van der Waals surface area contributed by atoms with Crippen molar-refractivity contribution in [1.29, 1.82) is 0 Å². The maximum Gasteiger partial charge on any atom is 0.308 e. The van der Waals surface area contributed by atoms with Crippen LogP contribution in [-0.4, -0.2) is 20.7 Å². The molecule has 0 fully saturated rings. The largest absolute Gasteiger partial charge is 0.427 e. The number of ether oxygens (including phenoxy) is 1. The number of nitrogens with zero attached hydrogens (tertiary/aromatic N) is 3. The molecule has 0 aliphatic heterocycles. The number of hydrogen-bond acceptors (Lipinski definition) is 5. The first kappa shape index (κ1) is 12.2. The number of carbonyl (C=O) groups is 1. The van der Waals surface area contributed by atoms with Crippen LogP contribution in [0.15, 0.2) is 42.7 Å². The molecule has 0 amide bonds. The van der Waals surface area contributed by atoms with E-state index >= 15 is 0 Å². The van der Waals surface area contributed by atoms with E-state index in [4.69, 9.17) is 10.5 Å². The standard InChI is InChI=1S/C14H12N4O2/c1-9(19)20-12-3-4-13-10(6-12)7-17-18(13)14-5-2-11(15)8-16-14/h2-8H,15H2,1H3. The molecule has 20 heavy (non-hydrogen) atoms. The number of hydrogen-bond donors (Lipinski definition) is 1. The molecular formula is C14H12N4O2. The van der Waals surface area contributed by atoms with E-state index in [0.29, 0.717) is 17.3 Å². The highest BCUT2D eigenvalue weighted by atomic mass is 16.5. The van der Waals surface area contributed by atoms with Crippen molar-refractivity contribution in [2.75, 3.05) is 5.73 Å². The second kappa shape index (κ2) is 4.65. The predicted molar refractivity (Wildman–Crippen MR) is 74.6 cm³/mol. The van der Waals surface area contributed by atoms with Gasteiger partial charge in [-0.1, -0.05) is 0 Å². The van der Waals surface area contributed by atoms with Gasteiger partial charge in [0.2, 0.25) is 0 Å². The molecule has 2 N–H and O–H groups in total. The highest BCUT2D eigenvalue weighted by molar-refractivity contribution is 5.82. The highest BCUT2D eigenvalue weighted by Crippen LogP contribution is 2.22. The van der Waals surface area contributed by atoms with Crippen LogP contribution in [0.4, 0.5) is 5.69 Å². The third-order valence-electron chi connectivity index (χ3n) is 2.79. The number of carbonyl (C=O) groups excluding carboxylic acids is 1. The number of fused-ring (bicyclic) bond motifs is 1. The van der Waals surface area contributed by atoms with E-state index in [1.807, 2.05) is 6.07 Å². The van der Waals surface area contributed by atoms with E-state index in [0.717, 1.165) is 10.9 Å². The first-order chi connectivity index (χ1) is 9.63. The van der Waals surface area contributed by atoms with E-state index in [-0.39, 0.29) is 5.97 Å². The summed E-state index contributed by atoms with van der Waals surface area (Å²) in [5.41, 5.74) is 7.09. The van der Waals surface area contributed by atoms with E-state index < -0.39 is 0 Å². The van der Waals surface area contributed by atoms with Crippen molar-refractivity contribution in [2.24, 2.45) is 0 Å². The van der Waals surface area contributed by atoms with Gasteiger partial charge in [-0.25, -0.2) is 9.67 Å². The molecule has 2 aromatic heterocycles. The second-order valence-corrected chi connectivity index (χ2v) is 4.32. The fourth-order valence-electron chi connectivity index (χ4n) is 1.95. The van der Waals surface area contributed by atoms with Gasteiger partial charge in [-0.05, 0) is 30.3 Å². The molecule has 0 aliphatic rings. The van der Waals surface area contributed by atoms with Gasteiger partial charge in [0.1, 0.15) is 5.75 Å². The molecule has 0 bridgehead atoms. The summed E-state index contributed by atoms with van der Waals surface area (Å²) in [5.74, 6) is 0.821. The zero-order valence-corrected chi connectivity index (χ0v) is 10.8. The summed E-state index contributed by atoms with van der Waals surface area (Å²) in [4.78, 5) is 15.2. The molecule has 6 heteroatoms. The second-order valence-electron chi connectivity index (χ2n) is 4.32. The lowest BCUT2D eigenvalue weighted by molar-refractivity contribution is -0.131. The van der Waals surface area contributed by atoms with Gasteiger partial charge in [0, 0.05) is 12.3 Å². The highest BCUT2D eigenvalue weighted by Gasteiger charge is 2.07. The van der Waals surface area contributed by atoms with Gasteiger partial charge < -0.3 is 10.5 Å². The van der Waals surface area contributed by atoms with Crippen molar-refractivity contribution in [1.82, 2.24) is 14.8 Å². The summed E-state index contributed by atoms with van der Waals surface area (Å²) < 4.78 is 6.75. The Kier molecular flexibility index (Phi) is 2.83. The van der Waals surface area contributed by atoms with E-state index in [1.165, 1.54) is 6.92 Å². The minimum Gasteiger partial charge on any atom is -0.427 e. The molecule has 100 valence electrons. The Morgan fingerprint density at radius 1 is 1.25 bits per heavy atom. The van der Waals surface area contributed by atoms with Crippen LogP contribution in [0.25, 0.3) is 16.7 Å². The first-order valence-electron chi connectivity index (χ1n) is 6.01. The average Bonchev–Trinajstić information content (AvgIpc) is 2.82. The molecule has 0 aliphatic carbocycles. The normalized spacial score (nSPS) is 10.7. The SMILES string of the molecule is CC(=O)Oc1ccc2c(cnn2-c2ccc(N)cn2)c1. The van der Waals surface area contributed by atoms with Crippen LogP contribution in [-0.2, 0) is 4.79 Å². The van der Waals surface area contributed by atoms with Gasteiger partial charge in [-0.15, -0.1) is 0 Å². The lowest BCUT2D eigenvalue weighted by Gasteiger charge is -2.04. The average molecular weight is 268 g/mol. The van der Waals surface area contributed by atoms with Crippen LogP contribution >= 0.6 is 0 Å². The molecule has 0 unspecified atom stereocenters. The van der Waals surface area contributed by atoms with Gasteiger partial charge in [-0.2, -0.15) is 5.10 Å². The van der Waals surface area contributed by atoms with Crippen LogP contribution < -0.4 is 10.5 Å². The number of anilines is 1. The summed E-state index contributed by atoms with van der Waals surface area (Å²) in [6, 6.07) is 8.88. The maximum absolute atomic E-state index is 10.9. The topological polar surface area (TPSA) is 83.0 Å². The van der Waals surface area contributed by atoms with Gasteiger partial charge in [0.05, 0.1) is 23.6 Å². The Hall–Kier alpha value is -2.89. The quantitative estimate of drug-likeness (QED) is 0.567. The van der Waals surface area contributed by atoms with Crippen LogP contribution in [0, 0.1) is 0 Å². The lowest BCUT2D eigenvalue weighted by Crippen LogP contribution is -2.01. The summed E-state index contributed by atoms with van der Waals surface area (Å²) in [5, 5.41) is 5.15. The third-order valence-corrected chi connectivity index (χ3v) is 2.79.